The molecule has 1 amide bonds. The number of rotatable bonds is 8. The van der Waals surface area contributed by atoms with Crippen LogP contribution in [0.1, 0.15) is 10.4 Å². The van der Waals surface area contributed by atoms with Gasteiger partial charge in [0.2, 0.25) is 5.91 Å². The molecule has 0 aliphatic heterocycles. The van der Waals surface area contributed by atoms with Gasteiger partial charge < -0.3 is 10.2 Å². The van der Waals surface area contributed by atoms with Crippen molar-refractivity contribution in [1.29, 1.82) is 0 Å². The van der Waals surface area contributed by atoms with Crippen LogP contribution in [0.5, 0.6) is 0 Å². The number of benzene rings is 1. The molecule has 7 heteroatoms. The molecular weight excluding hydrogens is 388 g/mol. The van der Waals surface area contributed by atoms with Gasteiger partial charge in [0.05, 0.1) is 19.3 Å². The molecule has 0 spiro atoms. The molecule has 5 nitrogen and oxygen atoms in total. The summed E-state index contributed by atoms with van der Waals surface area (Å²) in [5.41, 5.74) is 2.22. The minimum Gasteiger partial charge on any atom is -0.358 e. The Kier molecular flexibility index (Phi) is 5.84. The van der Waals surface area contributed by atoms with E-state index < -0.39 is 0 Å². The zero-order valence-electron chi connectivity index (χ0n) is 15.2. The van der Waals surface area contributed by atoms with Gasteiger partial charge in [-0.1, -0.05) is 24.3 Å². The second-order valence-electron chi connectivity index (χ2n) is 6.32. The lowest BCUT2D eigenvalue weighted by Gasteiger charge is -2.24. The van der Waals surface area contributed by atoms with Crippen LogP contribution in [0.25, 0.3) is 0 Å². The molecule has 0 aliphatic rings. The summed E-state index contributed by atoms with van der Waals surface area (Å²) >= 11 is 3.34. The summed E-state index contributed by atoms with van der Waals surface area (Å²) in [5, 5.41) is 13.6. The van der Waals surface area contributed by atoms with E-state index in [1.165, 1.54) is 10.4 Å². The zero-order chi connectivity index (χ0) is 19.2. The predicted octanol–water partition coefficient (Wildman–Crippen LogP) is 4.70. The Morgan fingerprint density at radius 1 is 1.07 bits per heavy atom. The van der Waals surface area contributed by atoms with Crippen molar-refractivity contribution in [3.05, 3.63) is 87.4 Å². The SMILES string of the molecule is O=C(CN(Cc1ccsc1)c1ccccc1)Nc1ccnn1Cc1cccs1. The highest BCUT2D eigenvalue weighted by molar-refractivity contribution is 7.09. The Labute approximate surface area is 171 Å². The van der Waals surface area contributed by atoms with Crippen molar-refractivity contribution in [3.8, 4) is 0 Å². The molecule has 1 N–H and O–H groups in total. The first kappa shape index (κ1) is 18.5. The Bertz CT molecular complexity index is 994. The van der Waals surface area contributed by atoms with Crippen molar-refractivity contribution in [3.63, 3.8) is 0 Å². The number of thiophene rings is 2. The molecule has 0 saturated carbocycles. The molecule has 0 bridgehead atoms. The molecule has 1 aromatic carbocycles. The van der Waals surface area contributed by atoms with E-state index in [9.17, 15) is 4.79 Å². The van der Waals surface area contributed by atoms with E-state index in [4.69, 9.17) is 0 Å². The number of aromatic nitrogens is 2. The molecule has 3 heterocycles. The Hall–Kier alpha value is -2.90. The van der Waals surface area contributed by atoms with Crippen molar-refractivity contribution in [2.24, 2.45) is 0 Å². The summed E-state index contributed by atoms with van der Waals surface area (Å²) in [6.45, 7) is 1.61. The maximum atomic E-state index is 12.8. The molecule has 0 unspecified atom stereocenters. The molecule has 0 fully saturated rings. The lowest BCUT2D eigenvalue weighted by Crippen LogP contribution is -2.33. The maximum absolute atomic E-state index is 12.8. The summed E-state index contributed by atoms with van der Waals surface area (Å²) < 4.78 is 1.81. The number of para-hydroxylation sites is 1. The number of nitrogens with one attached hydrogen (secondary N) is 1. The van der Waals surface area contributed by atoms with E-state index in [-0.39, 0.29) is 12.5 Å². The predicted molar refractivity (Wildman–Crippen MR) is 116 cm³/mol. The Morgan fingerprint density at radius 2 is 1.96 bits per heavy atom. The standard InChI is InChI=1S/C21H20N4OS2/c26-21(23-20-8-10-22-25(20)14-19-7-4-11-28-19)15-24(13-17-9-12-27-16-17)18-5-2-1-3-6-18/h1-12,16H,13-15H2,(H,23,26). The van der Waals surface area contributed by atoms with Gasteiger partial charge >= 0.3 is 0 Å². The molecule has 28 heavy (non-hydrogen) atoms. The van der Waals surface area contributed by atoms with Gasteiger partial charge in [-0.3, -0.25) is 4.79 Å². The van der Waals surface area contributed by atoms with Crippen molar-refractivity contribution >= 4 is 40.1 Å². The maximum Gasteiger partial charge on any atom is 0.245 e. The smallest absolute Gasteiger partial charge is 0.245 e. The molecule has 3 aromatic heterocycles. The number of carbonyl (C=O) groups excluding carboxylic acids is 1. The van der Waals surface area contributed by atoms with Crippen molar-refractivity contribution in [2.75, 3.05) is 16.8 Å². The average Bonchev–Trinajstić information content (AvgIpc) is 3.47. The van der Waals surface area contributed by atoms with Crippen LogP contribution < -0.4 is 10.2 Å². The monoisotopic (exact) mass is 408 g/mol. The van der Waals surface area contributed by atoms with Crippen LogP contribution in [-0.2, 0) is 17.9 Å². The highest BCUT2D eigenvalue weighted by Crippen LogP contribution is 2.19. The van der Waals surface area contributed by atoms with Crippen molar-refractivity contribution in [1.82, 2.24) is 9.78 Å². The lowest BCUT2D eigenvalue weighted by molar-refractivity contribution is -0.115. The van der Waals surface area contributed by atoms with Gasteiger partial charge in [-0.05, 0) is 46.0 Å². The van der Waals surface area contributed by atoms with Gasteiger partial charge in [-0.2, -0.15) is 16.4 Å². The lowest BCUT2D eigenvalue weighted by atomic mass is 10.2. The highest BCUT2D eigenvalue weighted by Gasteiger charge is 2.14. The quantitative estimate of drug-likeness (QED) is 0.460. The average molecular weight is 409 g/mol. The summed E-state index contributed by atoms with van der Waals surface area (Å²) in [5.74, 6) is 0.647. The van der Waals surface area contributed by atoms with Crippen molar-refractivity contribution in [2.45, 2.75) is 13.1 Å². The Morgan fingerprint density at radius 3 is 2.71 bits per heavy atom. The molecule has 0 aliphatic carbocycles. The first-order valence-corrected chi connectivity index (χ1v) is 10.8. The molecule has 4 rings (SSSR count). The van der Waals surface area contributed by atoms with Crippen LogP contribution >= 0.6 is 22.7 Å². The van der Waals surface area contributed by atoms with Crippen LogP contribution in [0, 0.1) is 0 Å². The van der Waals surface area contributed by atoms with Gasteiger partial charge in [-0.15, -0.1) is 11.3 Å². The summed E-state index contributed by atoms with van der Waals surface area (Å²) in [6.07, 6.45) is 1.71. The number of hydrogen-bond donors (Lipinski definition) is 1. The minimum atomic E-state index is -0.0630. The van der Waals surface area contributed by atoms with Crippen LogP contribution in [0.4, 0.5) is 11.5 Å². The van der Waals surface area contributed by atoms with Gasteiger partial charge in [0, 0.05) is 23.2 Å². The van der Waals surface area contributed by atoms with Gasteiger partial charge in [0.15, 0.2) is 0 Å². The normalized spacial score (nSPS) is 10.7. The van der Waals surface area contributed by atoms with Gasteiger partial charge in [-0.25, -0.2) is 4.68 Å². The number of amides is 1. The molecule has 142 valence electrons. The second-order valence-corrected chi connectivity index (χ2v) is 8.14. The van der Waals surface area contributed by atoms with E-state index in [1.807, 2.05) is 52.5 Å². The zero-order valence-corrected chi connectivity index (χ0v) is 16.8. The fourth-order valence-electron chi connectivity index (χ4n) is 2.95. The summed E-state index contributed by atoms with van der Waals surface area (Å²) in [4.78, 5) is 16.1. The van der Waals surface area contributed by atoms with E-state index >= 15 is 0 Å². The fraction of sp³-hybridized carbons (Fsp3) is 0.143. The second kappa shape index (κ2) is 8.86. The van der Waals surface area contributed by atoms with E-state index in [2.05, 4.69) is 38.2 Å². The minimum absolute atomic E-state index is 0.0630. The van der Waals surface area contributed by atoms with Crippen LogP contribution in [0.15, 0.2) is 76.9 Å². The number of hydrogen-bond acceptors (Lipinski definition) is 5. The fourth-order valence-corrected chi connectivity index (χ4v) is 4.30. The molecule has 0 radical (unpaired) electrons. The highest BCUT2D eigenvalue weighted by atomic mass is 32.1. The van der Waals surface area contributed by atoms with Crippen LogP contribution in [0.3, 0.4) is 0 Å². The number of anilines is 2. The first-order valence-electron chi connectivity index (χ1n) is 8.93. The topological polar surface area (TPSA) is 50.2 Å². The van der Waals surface area contributed by atoms with Gasteiger partial charge in [0.25, 0.3) is 0 Å². The molecular formula is C21H20N4OS2. The number of nitrogens with zero attached hydrogens (tertiary/aromatic N) is 3. The molecule has 4 aromatic rings. The third kappa shape index (κ3) is 4.68. The van der Waals surface area contributed by atoms with Crippen molar-refractivity contribution < 1.29 is 4.79 Å². The summed E-state index contributed by atoms with van der Waals surface area (Å²) in [6, 6.07) is 18.0. The summed E-state index contributed by atoms with van der Waals surface area (Å²) in [7, 11) is 0. The number of carbonyl (C=O) groups is 1. The first-order chi connectivity index (χ1) is 13.8. The Balaban J connectivity index is 1.45. The van der Waals surface area contributed by atoms with E-state index in [1.54, 1.807) is 28.9 Å². The van der Waals surface area contributed by atoms with E-state index in [0.29, 0.717) is 18.9 Å². The van der Waals surface area contributed by atoms with Crippen LogP contribution in [-0.4, -0.2) is 22.2 Å². The van der Waals surface area contributed by atoms with Gasteiger partial charge in [0.1, 0.15) is 5.82 Å². The molecule has 0 atom stereocenters. The third-order valence-corrected chi connectivity index (χ3v) is 5.87. The third-order valence-electron chi connectivity index (χ3n) is 4.28. The van der Waals surface area contributed by atoms with Crippen LogP contribution in [0.2, 0.25) is 0 Å². The molecule has 0 saturated heterocycles. The largest absolute Gasteiger partial charge is 0.358 e. The van der Waals surface area contributed by atoms with E-state index in [0.717, 1.165) is 5.69 Å².